The lowest BCUT2D eigenvalue weighted by atomic mass is 10.0. The number of aryl methyl sites for hydroxylation is 1. The Labute approximate surface area is 275 Å². The van der Waals surface area contributed by atoms with Crippen LogP contribution in [-0.4, -0.2) is 43.8 Å². The zero-order chi connectivity index (χ0) is 32.6. The van der Waals surface area contributed by atoms with Crippen molar-refractivity contribution in [3.8, 4) is 0 Å². The molecule has 4 aromatic rings. The summed E-state index contributed by atoms with van der Waals surface area (Å²) < 4.78 is 29.2. The van der Waals surface area contributed by atoms with Crippen LogP contribution in [-0.2, 0) is 32.6 Å². The Morgan fingerprint density at radius 3 is 1.98 bits per heavy atom. The van der Waals surface area contributed by atoms with Crippen molar-refractivity contribution >= 4 is 50.7 Å². The normalized spacial score (nSPS) is 12.6. The lowest BCUT2D eigenvalue weighted by Crippen LogP contribution is -2.54. The van der Waals surface area contributed by atoms with Crippen LogP contribution in [0.5, 0.6) is 0 Å². The van der Waals surface area contributed by atoms with Gasteiger partial charge < -0.3 is 10.2 Å². The van der Waals surface area contributed by atoms with Gasteiger partial charge in [-0.05, 0) is 62.2 Å². The number of rotatable bonds is 13. The molecule has 7 nitrogen and oxygen atoms in total. The fraction of sp³-hybridized carbons (Fsp3) is 0.257. The zero-order valence-electron chi connectivity index (χ0n) is 25.5. The maximum atomic E-state index is 14.5. The lowest BCUT2D eigenvalue weighted by molar-refractivity contribution is -0.140. The molecule has 236 valence electrons. The Bertz CT molecular complexity index is 1680. The molecule has 0 aliphatic carbocycles. The minimum absolute atomic E-state index is 0.0424. The van der Waals surface area contributed by atoms with Crippen LogP contribution in [0.2, 0.25) is 10.0 Å². The Hall–Kier alpha value is -3.85. The number of benzene rings is 4. The van der Waals surface area contributed by atoms with Crippen LogP contribution < -0.4 is 9.62 Å². The van der Waals surface area contributed by atoms with Gasteiger partial charge in [-0.3, -0.25) is 13.9 Å². The summed E-state index contributed by atoms with van der Waals surface area (Å²) in [5, 5.41) is 3.67. The van der Waals surface area contributed by atoms with Crippen LogP contribution >= 0.6 is 23.2 Å². The molecule has 4 aromatic carbocycles. The number of para-hydroxylation sites is 1. The summed E-state index contributed by atoms with van der Waals surface area (Å²) in [6.07, 6.45) is 0.873. The average molecular weight is 667 g/mol. The zero-order valence-corrected chi connectivity index (χ0v) is 27.8. The molecule has 2 amide bonds. The topological polar surface area (TPSA) is 86.8 Å². The molecule has 0 saturated carbocycles. The van der Waals surface area contributed by atoms with Gasteiger partial charge in [0.1, 0.15) is 12.6 Å². The third-order valence-electron chi connectivity index (χ3n) is 7.59. The van der Waals surface area contributed by atoms with Gasteiger partial charge in [0.25, 0.3) is 10.0 Å². The predicted molar refractivity (Wildman–Crippen MR) is 181 cm³/mol. The van der Waals surface area contributed by atoms with Gasteiger partial charge in [-0.1, -0.05) is 102 Å². The summed E-state index contributed by atoms with van der Waals surface area (Å²) in [6, 6.07) is 28.1. The molecule has 10 heteroatoms. The number of hydrogen-bond acceptors (Lipinski definition) is 4. The third kappa shape index (κ3) is 8.66. The maximum absolute atomic E-state index is 14.5. The van der Waals surface area contributed by atoms with Gasteiger partial charge in [-0.2, -0.15) is 0 Å². The Morgan fingerprint density at radius 1 is 0.822 bits per heavy atom. The first-order valence-corrected chi connectivity index (χ1v) is 16.9. The fourth-order valence-electron chi connectivity index (χ4n) is 4.81. The summed E-state index contributed by atoms with van der Waals surface area (Å²) >= 11 is 13.1. The number of carbonyl (C=O) groups is 2. The van der Waals surface area contributed by atoms with E-state index in [1.165, 1.54) is 17.0 Å². The number of nitrogens with zero attached hydrogens (tertiary/aromatic N) is 2. The van der Waals surface area contributed by atoms with E-state index in [1.54, 1.807) is 60.7 Å². The minimum Gasteiger partial charge on any atom is -0.352 e. The second-order valence-corrected chi connectivity index (χ2v) is 13.6. The summed E-state index contributed by atoms with van der Waals surface area (Å²) in [6.45, 7) is 5.03. The van der Waals surface area contributed by atoms with E-state index in [4.69, 9.17) is 23.2 Å². The molecular formula is C35H37Cl2N3O4S. The van der Waals surface area contributed by atoms with E-state index in [-0.39, 0.29) is 29.8 Å². The molecule has 2 atom stereocenters. The van der Waals surface area contributed by atoms with Crippen molar-refractivity contribution in [1.29, 1.82) is 0 Å². The van der Waals surface area contributed by atoms with Crippen molar-refractivity contribution in [3.63, 3.8) is 0 Å². The van der Waals surface area contributed by atoms with E-state index >= 15 is 0 Å². The minimum atomic E-state index is -4.18. The first-order valence-electron chi connectivity index (χ1n) is 14.7. The number of carbonyl (C=O) groups excluding carboxylic acids is 2. The molecular weight excluding hydrogens is 629 g/mol. The molecule has 0 aliphatic rings. The number of amides is 2. The van der Waals surface area contributed by atoms with Crippen LogP contribution in [0.1, 0.15) is 37.0 Å². The molecule has 0 unspecified atom stereocenters. The molecule has 0 bridgehead atoms. The molecule has 4 rings (SSSR count). The van der Waals surface area contributed by atoms with E-state index < -0.39 is 28.5 Å². The smallest absolute Gasteiger partial charge is 0.264 e. The van der Waals surface area contributed by atoms with Crippen molar-refractivity contribution < 1.29 is 18.0 Å². The number of halogens is 2. The summed E-state index contributed by atoms with van der Waals surface area (Å²) in [5.41, 5.74) is 2.49. The van der Waals surface area contributed by atoms with Gasteiger partial charge >= 0.3 is 0 Å². The largest absolute Gasteiger partial charge is 0.352 e. The first kappa shape index (κ1) is 34.0. The van der Waals surface area contributed by atoms with E-state index in [1.807, 2.05) is 51.1 Å². The van der Waals surface area contributed by atoms with Crippen LogP contribution in [0.3, 0.4) is 0 Å². The monoisotopic (exact) mass is 665 g/mol. The van der Waals surface area contributed by atoms with Crippen LogP contribution in [0, 0.1) is 6.92 Å². The van der Waals surface area contributed by atoms with Gasteiger partial charge in [-0.25, -0.2) is 8.42 Å². The molecule has 45 heavy (non-hydrogen) atoms. The van der Waals surface area contributed by atoms with Crippen LogP contribution in [0.25, 0.3) is 0 Å². The van der Waals surface area contributed by atoms with Crippen molar-refractivity contribution in [2.45, 2.75) is 57.1 Å². The average Bonchev–Trinajstić information content (AvgIpc) is 3.03. The van der Waals surface area contributed by atoms with E-state index in [2.05, 4.69) is 5.32 Å². The molecule has 0 heterocycles. The summed E-state index contributed by atoms with van der Waals surface area (Å²) in [5.74, 6) is -0.955. The van der Waals surface area contributed by atoms with Gasteiger partial charge in [0.05, 0.1) is 10.6 Å². The fourth-order valence-corrected chi connectivity index (χ4v) is 6.74. The maximum Gasteiger partial charge on any atom is 0.264 e. The van der Waals surface area contributed by atoms with Crippen molar-refractivity contribution in [2.75, 3.05) is 10.8 Å². The van der Waals surface area contributed by atoms with Gasteiger partial charge in [0, 0.05) is 34.6 Å². The number of anilines is 1. The van der Waals surface area contributed by atoms with Gasteiger partial charge in [0.2, 0.25) is 11.8 Å². The molecule has 0 aliphatic heterocycles. The number of nitrogens with one attached hydrogen (secondary N) is 1. The van der Waals surface area contributed by atoms with E-state index in [9.17, 15) is 18.0 Å². The summed E-state index contributed by atoms with van der Waals surface area (Å²) in [4.78, 5) is 29.9. The van der Waals surface area contributed by atoms with Crippen LogP contribution in [0.4, 0.5) is 5.69 Å². The Kier molecular flexibility index (Phi) is 11.7. The Morgan fingerprint density at radius 2 is 1.40 bits per heavy atom. The highest BCUT2D eigenvalue weighted by Crippen LogP contribution is 2.29. The lowest BCUT2D eigenvalue weighted by Gasteiger charge is -2.34. The standard InChI is InChI=1S/C35H37Cl2N3O4S/c1-4-26(3)38-35(42)33(22-27-12-7-5-8-13-27)39(23-30-31(36)16-11-17-32(30)37)34(41)24-40(28-14-9-6-10-15-28)45(43,44)29-20-18-25(2)19-21-29/h5-21,26,33H,4,22-24H2,1-3H3,(H,38,42)/t26-,33-/m1/s1. The molecule has 0 aromatic heterocycles. The second kappa shape index (κ2) is 15.4. The highest BCUT2D eigenvalue weighted by Gasteiger charge is 2.35. The molecule has 1 N–H and O–H groups in total. The SMILES string of the molecule is CC[C@@H](C)NC(=O)[C@@H](Cc1ccccc1)N(Cc1c(Cl)cccc1Cl)C(=O)CN(c1ccccc1)S(=O)(=O)c1ccc(C)cc1. The summed E-state index contributed by atoms with van der Waals surface area (Å²) in [7, 11) is -4.18. The van der Waals surface area contributed by atoms with Crippen molar-refractivity contribution in [2.24, 2.45) is 0 Å². The quantitative estimate of drug-likeness (QED) is 0.166. The van der Waals surface area contributed by atoms with Crippen LogP contribution in [0.15, 0.2) is 108 Å². The van der Waals surface area contributed by atoms with Crippen molar-refractivity contribution in [1.82, 2.24) is 10.2 Å². The molecule has 0 radical (unpaired) electrons. The van der Waals surface area contributed by atoms with Crippen molar-refractivity contribution in [3.05, 3.63) is 130 Å². The predicted octanol–water partition coefficient (Wildman–Crippen LogP) is 7.05. The van der Waals surface area contributed by atoms with E-state index in [0.717, 1.165) is 15.4 Å². The van der Waals surface area contributed by atoms with Gasteiger partial charge in [-0.15, -0.1) is 0 Å². The molecule has 0 spiro atoms. The molecule has 0 fully saturated rings. The van der Waals surface area contributed by atoms with Gasteiger partial charge in [0.15, 0.2) is 0 Å². The molecule has 0 saturated heterocycles. The third-order valence-corrected chi connectivity index (χ3v) is 10.1. The first-order chi connectivity index (χ1) is 21.5. The number of hydrogen-bond donors (Lipinski definition) is 1. The highest BCUT2D eigenvalue weighted by molar-refractivity contribution is 7.92. The van der Waals surface area contributed by atoms with E-state index in [0.29, 0.717) is 27.7 Å². The number of sulfonamides is 1. The Balaban J connectivity index is 1.82. The second-order valence-electron chi connectivity index (χ2n) is 10.9. The highest BCUT2D eigenvalue weighted by atomic mass is 35.5.